The number of sulfonamides is 1. The van der Waals surface area contributed by atoms with E-state index in [1.54, 1.807) is 15.6 Å². The Labute approximate surface area is 193 Å². The van der Waals surface area contributed by atoms with Gasteiger partial charge in [0.2, 0.25) is 10.0 Å². The molecule has 1 aliphatic rings. The quantitative estimate of drug-likeness (QED) is 0.376. The van der Waals surface area contributed by atoms with Crippen LogP contribution in [0.3, 0.4) is 0 Å². The zero-order chi connectivity index (χ0) is 22.3. The molecule has 1 aliphatic heterocycles. The number of fused-ring (bicyclic) bond motifs is 3. The van der Waals surface area contributed by atoms with Crippen molar-refractivity contribution >= 4 is 41.5 Å². The topological polar surface area (TPSA) is 46.6 Å². The van der Waals surface area contributed by atoms with Crippen LogP contribution in [0.2, 0.25) is 0 Å². The molecule has 4 nitrogen and oxygen atoms in total. The van der Waals surface area contributed by atoms with Gasteiger partial charge < -0.3 is 4.74 Å². The molecule has 0 N–H and O–H groups in total. The van der Waals surface area contributed by atoms with Crippen molar-refractivity contribution in [1.82, 2.24) is 4.31 Å². The third-order valence-electron chi connectivity index (χ3n) is 6.31. The molecule has 0 aliphatic carbocycles. The highest BCUT2D eigenvalue weighted by Crippen LogP contribution is 2.41. The molecule has 6 heteroatoms. The Morgan fingerprint density at radius 3 is 2.53 bits per heavy atom. The maximum atomic E-state index is 13.1. The maximum absolute atomic E-state index is 13.1. The van der Waals surface area contributed by atoms with E-state index in [-0.39, 0.29) is 24.3 Å². The Hall–Kier alpha value is -2.25. The molecule has 0 radical (unpaired) electrons. The average molecular weight is 466 g/mol. The van der Waals surface area contributed by atoms with Crippen LogP contribution in [0.25, 0.3) is 31.3 Å². The number of nitrogens with zero attached hydrogens (tertiary/aromatic N) is 1. The minimum absolute atomic E-state index is 0.0320. The average Bonchev–Trinajstić information content (AvgIpc) is 3.09. The van der Waals surface area contributed by atoms with Crippen LogP contribution in [0, 0.1) is 5.92 Å². The minimum atomic E-state index is -3.40. The smallest absolute Gasteiger partial charge is 0.217 e. The lowest BCUT2D eigenvalue weighted by atomic mass is 9.97. The number of thiophene rings is 1. The van der Waals surface area contributed by atoms with Crippen LogP contribution in [0.15, 0.2) is 66.7 Å². The fourth-order valence-corrected chi connectivity index (χ4v) is 7.41. The lowest BCUT2D eigenvalue weighted by molar-refractivity contribution is 0.0902. The van der Waals surface area contributed by atoms with Gasteiger partial charge in [0, 0.05) is 26.7 Å². The van der Waals surface area contributed by atoms with E-state index in [9.17, 15) is 8.42 Å². The molecular formula is C26H27NO3S2. The van der Waals surface area contributed by atoms with Crippen LogP contribution < -0.4 is 0 Å². The molecular weight excluding hydrogens is 438 g/mol. The van der Waals surface area contributed by atoms with Crippen LogP contribution in [0.1, 0.15) is 19.4 Å². The number of rotatable bonds is 4. The Kier molecular flexibility index (Phi) is 5.80. The van der Waals surface area contributed by atoms with E-state index in [0.717, 1.165) is 16.7 Å². The van der Waals surface area contributed by atoms with Gasteiger partial charge in [-0.2, -0.15) is 4.31 Å². The van der Waals surface area contributed by atoms with E-state index in [1.165, 1.54) is 20.2 Å². The number of hydrogen-bond acceptors (Lipinski definition) is 4. The largest absolute Gasteiger partial charge is 0.379 e. The van der Waals surface area contributed by atoms with Crippen molar-refractivity contribution in [2.45, 2.75) is 26.4 Å². The van der Waals surface area contributed by atoms with Crippen molar-refractivity contribution in [2.75, 3.05) is 19.0 Å². The van der Waals surface area contributed by atoms with Crippen LogP contribution >= 0.6 is 11.3 Å². The van der Waals surface area contributed by atoms with Gasteiger partial charge in [0.05, 0.1) is 25.0 Å². The summed E-state index contributed by atoms with van der Waals surface area (Å²) in [5.41, 5.74) is 3.27. The Morgan fingerprint density at radius 2 is 1.69 bits per heavy atom. The molecule has 1 aromatic heterocycles. The summed E-state index contributed by atoms with van der Waals surface area (Å²) in [6.07, 6.45) is 0. The standard InChI is InChI=1S/C26H27NO3S2/c1-18(2)24-17-30-14-15-32(28,29)27(24)16-19-8-3-4-9-20(19)22-11-7-12-23-21-10-5-6-13-25(21)31-26(22)23/h3-13,18,24H,14-17H2,1-2H3/t24-/m1/s1. The number of benzene rings is 3. The van der Waals surface area contributed by atoms with Crippen LogP contribution in [0.5, 0.6) is 0 Å². The molecule has 1 fully saturated rings. The fraction of sp³-hybridized carbons (Fsp3) is 0.308. The first kappa shape index (κ1) is 21.6. The Morgan fingerprint density at radius 1 is 0.969 bits per heavy atom. The first-order valence-corrected chi connectivity index (χ1v) is 13.4. The SMILES string of the molecule is CC(C)[C@H]1COCCS(=O)(=O)N1Cc1ccccc1-c1cccc2c1sc1ccccc12. The highest BCUT2D eigenvalue weighted by Gasteiger charge is 2.35. The van der Waals surface area contributed by atoms with Gasteiger partial charge >= 0.3 is 0 Å². The van der Waals surface area contributed by atoms with Crippen LogP contribution in [-0.4, -0.2) is 37.7 Å². The third kappa shape index (κ3) is 3.86. The summed E-state index contributed by atoms with van der Waals surface area (Å²) in [5.74, 6) is 0.200. The molecule has 0 unspecified atom stereocenters. The van der Waals surface area contributed by atoms with Gasteiger partial charge in [-0.3, -0.25) is 0 Å². The van der Waals surface area contributed by atoms with E-state index in [0.29, 0.717) is 13.2 Å². The summed E-state index contributed by atoms with van der Waals surface area (Å²) in [7, 11) is -3.40. The van der Waals surface area contributed by atoms with Crippen molar-refractivity contribution in [3.63, 3.8) is 0 Å². The lowest BCUT2D eigenvalue weighted by Crippen LogP contribution is -2.44. The van der Waals surface area contributed by atoms with E-state index in [1.807, 2.05) is 12.1 Å². The highest BCUT2D eigenvalue weighted by molar-refractivity contribution is 7.89. The first-order valence-electron chi connectivity index (χ1n) is 11.0. The fourth-order valence-electron chi connectivity index (χ4n) is 4.56. The highest BCUT2D eigenvalue weighted by atomic mass is 32.2. The minimum Gasteiger partial charge on any atom is -0.379 e. The summed E-state index contributed by atoms with van der Waals surface area (Å²) in [4.78, 5) is 0. The van der Waals surface area contributed by atoms with Gasteiger partial charge in [-0.05, 0) is 28.7 Å². The van der Waals surface area contributed by atoms with Gasteiger partial charge in [-0.25, -0.2) is 8.42 Å². The molecule has 4 aromatic rings. The molecule has 2 heterocycles. The zero-order valence-corrected chi connectivity index (χ0v) is 20.0. The predicted octanol–water partition coefficient (Wildman–Crippen LogP) is 5.91. The van der Waals surface area contributed by atoms with Gasteiger partial charge in [0.1, 0.15) is 0 Å². The normalized spacial score (nSPS) is 19.5. The molecule has 166 valence electrons. The van der Waals surface area contributed by atoms with Crippen molar-refractivity contribution in [3.05, 3.63) is 72.3 Å². The molecule has 0 saturated carbocycles. The summed E-state index contributed by atoms with van der Waals surface area (Å²) in [5, 5.41) is 2.51. The second-order valence-corrected chi connectivity index (χ2v) is 11.8. The van der Waals surface area contributed by atoms with Crippen molar-refractivity contribution in [1.29, 1.82) is 0 Å². The predicted molar refractivity (Wildman–Crippen MR) is 134 cm³/mol. The Bertz CT molecular complexity index is 1370. The van der Waals surface area contributed by atoms with Crippen LogP contribution in [-0.2, 0) is 21.3 Å². The second kappa shape index (κ2) is 8.60. The maximum Gasteiger partial charge on any atom is 0.217 e. The van der Waals surface area contributed by atoms with Gasteiger partial charge in [-0.1, -0.05) is 74.5 Å². The summed E-state index contributed by atoms with van der Waals surface area (Å²) < 4.78 is 36.1. The second-order valence-electron chi connectivity index (χ2n) is 8.69. The summed E-state index contributed by atoms with van der Waals surface area (Å²) in [6.45, 7) is 5.17. The third-order valence-corrected chi connectivity index (χ3v) is 9.33. The zero-order valence-electron chi connectivity index (χ0n) is 18.3. The van der Waals surface area contributed by atoms with Crippen molar-refractivity contribution in [2.24, 2.45) is 5.92 Å². The molecule has 1 saturated heterocycles. The number of ether oxygens (including phenoxy) is 1. The van der Waals surface area contributed by atoms with E-state index in [4.69, 9.17) is 4.74 Å². The number of hydrogen-bond donors (Lipinski definition) is 0. The van der Waals surface area contributed by atoms with Gasteiger partial charge in [0.25, 0.3) is 0 Å². The molecule has 3 aromatic carbocycles. The molecule has 0 amide bonds. The van der Waals surface area contributed by atoms with Crippen LogP contribution in [0.4, 0.5) is 0 Å². The molecule has 1 atom stereocenters. The summed E-state index contributed by atoms with van der Waals surface area (Å²) in [6, 6.07) is 22.9. The molecule has 0 spiro atoms. The lowest BCUT2D eigenvalue weighted by Gasteiger charge is -2.31. The molecule has 5 rings (SSSR count). The first-order chi connectivity index (χ1) is 15.5. The Balaban J connectivity index is 1.64. The molecule has 32 heavy (non-hydrogen) atoms. The monoisotopic (exact) mass is 465 g/mol. The van der Waals surface area contributed by atoms with Gasteiger partial charge in [-0.15, -0.1) is 11.3 Å². The van der Waals surface area contributed by atoms with Crippen molar-refractivity contribution in [3.8, 4) is 11.1 Å². The molecule has 0 bridgehead atoms. The van der Waals surface area contributed by atoms with Gasteiger partial charge in [0.15, 0.2) is 0 Å². The summed E-state index contributed by atoms with van der Waals surface area (Å²) >= 11 is 1.79. The van der Waals surface area contributed by atoms with Crippen molar-refractivity contribution < 1.29 is 13.2 Å². The van der Waals surface area contributed by atoms with E-state index < -0.39 is 10.0 Å². The van der Waals surface area contributed by atoms with E-state index >= 15 is 0 Å². The van der Waals surface area contributed by atoms with E-state index in [2.05, 4.69) is 68.4 Å².